The van der Waals surface area contributed by atoms with Crippen LogP contribution in [-0.4, -0.2) is 42.5 Å². The van der Waals surface area contributed by atoms with Crippen molar-refractivity contribution < 1.29 is 13.0 Å². The Balaban J connectivity index is 0.00000176. The second-order valence-electron chi connectivity index (χ2n) is 4.91. The van der Waals surface area contributed by atoms with Crippen LogP contribution < -0.4 is 0 Å². The predicted octanol–water partition coefficient (Wildman–Crippen LogP) is 3.03. The van der Waals surface area contributed by atoms with Crippen molar-refractivity contribution >= 4 is 50.4 Å². The van der Waals surface area contributed by atoms with E-state index in [0.717, 1.165) is 16.5 Å². The molecule has 0 atom stereocenters. The average molecular weight is 322 g/mol. The zero-order chi connectivity index (χ0) is 14.9. The van der Waals surface area contributed by atoms with E-state index in [-0.39, 0.29) is 34.5 Å². The van der Waals surface area contributed by atoms with E-state index in [2.05, 4.69) is 0 Å². The number of rotatable bonds is 3. The average Bonchev–Trinajstić information content (AvgIpc) is 2.47. The van der Waals surface area contributed by atoms with Gasteiger partial charge in [-0.15, -0.1) is 0 Å². The summed E-state index contributed by atoms with van der Waals surface area (Å²) in [7, 11) is -4.22. The van der Waals surface area contributed by atoms with E-state index in [4.69, 9.17) is 0 Å². The molecule has 0 bridgehead atoms. The van der Waals surface area contributed by atoms with Gasteiger partial charge in [0.25, 0.3) is 10.1 Å². The van der Waals surface area contributed by atoms with E-state index >= 15 is 0 Å². The number of hydrogen-bond acceptors (Lipinski definition) is 2. The first-order chi connectivity index (χ1) is 10.1. The van der Waals surface area contributed by atoms with Gasteiger partial charge >= 0.3 is 29.6 Å². The van der Waals surface area contributed by atoms with Gasteiger partial charge in [0.05, 0.1) is 0 Å². The van der Waals surface area contributed by atoms with Crippen LogP contribution in [0.15, 0.2) is 71.6 Å². The second-order valence-corrected chi connectivity index (χ2v) is 6.30. The fourth-order valence-electron chi connectivity index (χ4n) is 2.54. The van der Waals surface area contributed by atoms with Crippen LogP contribution in [0.2, 0.25) is 0 Å². The van der Waals surface area contributed by atoms with E-state index in [9.17, 15) is 13.0 Å². The molecule has 0 aromatic heterocycles. The van der Waals surface area contributed by atoms with E-state index in [0.29, 0.717) is 11.8 Å². The Morgan fingerprint density at radius 1 is 0.773 bits per heavy atom. The van der Waals surface area contributed by atoms with E-state index in [1.807, 2.05) is 48.5 Å². The Bertz CT molecular complexity index is 890. The summed E-state index contributed by atoms with van der Waals surface area (Å²) in [5.74, 6) is 0. The van der Waals surface area contributed by atoms with Gasteiger partial charge in [0.1, 0.15) is 4.90 Å². The Morgan fingerprint density at radius 2 is 1.41 bits per heavy atom. The summed E-state index contributed by atoms with van der Waals surface area (Å²) >= 11 is 0. The molecule has 0 unspecified atom stereocenters. The van der Waals surface area contributed by atoms with Crippen LogP contribution in [0, 0.1) is 0 Å². The first-order valence-corrected chi connectivity index (χ1v) is 8.02. The van der Waals surface area contributed by atoms with Crippen molar-refractivity contribution in [1.82, 2.24) is 0 Å². The molecule has 0 saturated carbocycles. The SMILES string of the molecule is O=S(=O)(O)c1cccc2c(Cc3ccccc3)cccc12.[NaH]. The summed E-state index contributed by atoms with van der Waals surface area (Å²) in [6, 6.07) is 20.4. The van der Waals surface area contributed by atoms with Gasteiger partial charge in [0.2, 0.25) is 0 Å². The monoisotopic (exact) mass is 322 g/mol. The molecular weight excluding hydrogens is 307 g/mol. The molecule has 3 nitrogen and oxygen atoms in total. The molecule has 0 spiro atoms. The predicted molar refractivity (Wildman–Crippen MR) is 90.2 cm³/mol. The van der Waals surface area contributed by atoms with Gasteiger partial charge in [0, 0.05) is 5.39 Å². The minimum absolute atomic E-state index is 0. The van der Waals surface area contributed by atoms with Crippen molar-refractivity contribution in [2.24, 2.45) is 0 Å². The first-order valence-electron chi connectivity index (χ1n) is 6.58. The second kappa shape index (κ2) is 6.94. The molecule has 3 aromatic carbocycles. The van der Waals surface area contributed by atoms with Crippen LogP contribution in [0.25, 0.3) is 10.8 Å². The molecule has 3 aromatic rings. The van der Waals surface area contributed by atoms with Crippen molar-refractivity contribution in [1.29, 1.82) is 0 Å². The molecule has 108 valence electrons. The molecule has 0 aliphatic rings. The number of fused-ring (bicyclic) bond motifs is 1. The van der Waals surface area contributed by atoms with E-state index in [1.165, 1.54) is 6.07 Å². The summed E-state index contributed by atoms with van der Waals surface area (Å²) in [5, 5.41) is 1.39. The van der Waals surface area contributed by atoms with Crippen molar-refractivity contribution in [3.63, 3.8) is 0 Å². The van der Waals surface area contributed by atoms with Crippen molar-refractivity contribution in [2.75, 3.05) is 0 Å². The molecule has 0 heterocycles. The summed E-state index contributed by atoms with van der Waals surface area (Å²) < 4.78 is 32.3. The van der Waals surface area contributed by atoms with Gasteiger partial charge in [-0.05, 0) is 29.0 Å². The molecule has 0 aliphatic heterocycles. The van der Waals surface area contributed by atoms with Gasteiger partial charge in [-0.25, -0.2) is 0 Å². The molecule has 0 amide bonds. The van der Waals surface area contributed by atoms with Gasteiger partial charge in [-0.2, -0.15) is 8.42 Å². The van der Waals surface area contributed by atoms with Crippen LogP contribution in [-0.2, 0) is 16.5 Å². The Kier molecular flexibility index (Phi) is 5.42. The van der Waals surface area contributed by atoms with Gasteiger partial charge in [0.15, 0.2) is 0 Å². The fourth-order valence-corrected chi connectivity index (χ4v) is 3.25. The number of hydrogen-bond donors (Lipinski definition) is 1. The molecule has 3 rings (SSSR count). The van der Waals surface area contributed by atoms with Gasteiger partial charge in [-0.1, -0.05) is 60.7 Å². The van der Waals surface area contributed by atoms with Crippen LogP contribution in [0.5, 0.6) is 0 Å². The van der Waals surface area contributed by atoms with Crippen LogP contribution in [0.4, 0.5) is 0 Å². The summed E-state index contributed by atoms with van der Waals surface area (Å²) in [6.07, 6.45) is 0.715. The van der Waals surface area contributed by atoms with Crippen molar-refractivity contribution in [2.45, 2.75) is 11.3 Å². The zero-order valence-electron chi connectivity index (χ0n) is 11.2. The molecule has 0 fully saturated rings. The molecule has 5 heteroatoms. The summed E-state index contributed by atoms with van der Waals surface area (Å²) in [5.41, 5.74) is 2.19. The molecule has 0 saturated heterocycles. The fraction of sp³-hybridized carbons (Fsp3) is 0.0588. The summed E-state index contributed by atoms with van der Waals surface area (Å²) in [4.78, 5) is -0.0464. The molecule has 1 N–H and O–H groups in total. The Hall–Kier alpha value is -1.17. The Labute approximate surface area is 152 Å². The maximum absolute atomic E-state index is 11.5. The normalized spacial score (nSPS) is 11.1. The Morgan fingerprint density at radius 3 is 2.09 bits per heavy atom. The van der Waals surface area contributed by atoms with Crippen molar-refractivity contribution in [3.05, 3.63) is 77.9 Å². The minimum atomic E-state index is -4.22. The van der Waals surface area contributed by atoms with Crippen LogP contribution in [0.3, 0.4) is 0 Å². The van der Waals surface area contributed by atoms with Gasteiger partial charge < -0.3 is 0 Å². The van der Waals surface area contributed by atoms with E-state index < -0.39 is 10.1 Å². The molecular formula is C17H15NaO3S. The molecule has 0 aliphatic carbocycles. The third-order valence-corrected chi connectivity index (χ3v) is 4.40. The molecule has 0 radical (unpaired) electrons. The maximum atomic E-state index is 11.5. The zero-order valence-corrected chi connectivity index (χ0v) is 12.0. The standard InChI is InChI=1S/C17H14O3S.Na.H/c18-21(19,20)17-11-5-9-15-14(8-4-10-16(15)17)12-13-6-2-1-3-7-13;;/h1-11H,12H2,(H,18,19,20);;. The van der Waals surface area contributed by atoms with Gasteiger partial charge in [-0.3, -0.25) is 4.55 Å². The topological polar surface area (TPSA) is 54.4 Å². The van der Waals surface area contributed by atoms with E-state index in [1.54, 1.807) is 12.1 Å². The van der Waals surface area contributed by atoms with Crippen molar-refractivity contribution in [3.8, 4) is 0 Å². The van der Waals surface area contributed by atoms with Crippen LogP contribution >= 0.6 is 0 Å². The summed E-state index contributed by atoms with van der Waals surface area (Å²) in [6.45, 7) is 0. The number of benzene rings is 3. The first kappa shape index (κ1) is 17.2. The van der Waals surface area contributed by atoms with Crippen LogP contribution in [0.1, 0.15) is 11.1 Å². The third-order valence-electron chi connectivity index (χ3n) is 3.49. The quantitative estimate of drug-likeness (QED) is 0.596. The molecule has 22 heavy (non-hydrogen) atoms. The third kappa shape index (κ3) is 3.59.